The van der Waals surface area contributed by atoms with E-state index in [1.807, 2.05) is 0 Å². The van der Waals surface area contributed by atoms with Crippen LogP contribution < -0.4 is 0 Å². The Morgan fingerprint density at radius 1 is 1.41 bits per heavy atom. The molecule has 1 heterocycles. The van der Waals surface area contributed by atoms with Crippen LogP contribution in [0.1, 0.15) is 29.5 Å². The van der Waals surface area contributed by atoms with Gasteiger partial charge in [0.1, 0.15) is 0 Å². The first-order valence-electron chi connectivity index (χ1n) is 6.47. The van der Waals surface area contributed by atoms with Gasteiger partial charge in [0.2, 0.25) is 0 Å². The normalized spacial score (nSPS) is 21.7. The number of hydrogen-bond acceptors (Lipinski definition) is 2. The highest BCUT2D eigenvalue weighted by Crippen LogP contribution is 2.21. The molecule has 2 nitrogen and oxygen atoms in total. The largest absolute Gasteiger partial charge is 0.393 e. The van der Waals surface area contributed by atoms with E-state index in [-0.39, 0.29) is 6.10 Å². The highest BCUT2D eigenvalue weighted by molar-refractivity contribution is 5.30. The molecule has 0 aromatic heterocycles. The van der Waals surface area contributed by atoms with E-state index in [1.165, 1.54) is 16.7 Å². The number of rotatable bonds is 4. The third-order valence-corrected chi connectivity index (χ3v) is 3.59. The highest BCUT2D eigenvalue weighted by Gasteiger charge is 2.19. The van der Waals surface area contributed by atoms with Gasteiger partial charge in [-0.3, -0.25) is 0 Å². The molecule has 1 aromatic rings. The van der Waals surface area contributed by atoms with Crippen LogP contribution >= 0.6 is 0 Å². The smallest absolute Gasteiger partial charge is 0.0584 e. The lowest BCUT2D eigenvalue weighted by atomic mass is 9.94. The van der Waals surface area contributed by atoms with E-state index >= 15 is 0 Å². The molecule has 1 aliphatic heterocycles. The second-order valence-corrected chi connectivity index (χ2v) is 5.25. The average Bonchev–Trinajstić information content (AvgIpc) is 2.76. The summed E-state index contributed by atoms with van der Waals surface area (Å²) in [5.41, 5.74) is 3.82. The molecule has 2 heteroatoms. The third kappa shape index (κ3) is 3.55. The van der Waals surface area contributed by atoms with E-state index in [1.54, 1.807) is 0 Å². The van der Waals surface area contributed by atoms with Gasteiger partial charge in [0.05, 0.1) is 6.10 Å². The minimum absolute atomic E-state index is 0.234. The van der Waals surface area contributed by atoms with E-state index in [2.05, 4.69) is 32.0 Å². The van der Waals surface area contributed by atoms with Crippen molar-refractivity contribution in [3.05, 3.63) is 34.9 Å². The summed E-state index contributed by atoms with van der Waals surface area (Å²) in [6.07, 6.45) is 2.50. The summed E-state index contributed by atoms with van der Waals surface area (Å²) in [5, 5.41) is 10.1. The van der Waals surface area contributed by atoms with Crippen LogP contribution in [0.25, 0.3) is 0 Å². The maximum Gasteiger partial charge on any atom is 0.0584 e. The van der Waals surface area contributed by atoms with Gasteiger partial charge in [0.15, 0.2) is 0 Å². The van der Waals surface area contributed by atoms with Crippen LogP contribution in [0.15, 0.2) is 18.2 Å². The Morgan fingerprint density at radius 3 is 2.94 bits per heavy atom. The highest BCUT2D eigenvalue weighted by atomic mass is 16.5. The number of hydrogen-bond donors (Lipinski definition) is 1. The van der Waals surface area contributed by atoms with Crippen molar-refractivity contribution >= 4 is 0 Å². The van der Waals surface area contributed by atoms with Gasteiger partial charge in [-0.05, 0) is 50.2 Å². The van der Waals surface area contributed by atoms with Gasteiger partial charge < -0.3 is 9.84 Å². The SMILES string of the molecule is Cc1ccc(C)c(CC(O)CC2CCOC2)c1. The molecule has 17 heavy (non-hydrogen) atoms. The van der Waals surface area contributed by atoms with Gasteiger partial charge in [0, 0.05) is 13.2 Å². The average molecular weight is 234 g/mol. The molecule has 0 saturated carbocycles. The monoisotopic (exact) mass is 234 g/mol. The fraction of sp³-hybridized carbons (Fsp3) is 0.600. The maximum absolute atomic E-state index is 10.1. The van der Waals surface area contributed by atoms with Crippen molar-refractivity contribution in [2.24, 2.45) is 5.92 Å². The van der Waals surface area contributed by atoms with Crippen LogP contribution in [0.2, 0.25) is 0 Å². The fourth-order valence-corrected chi connectivity index (χ4v) is 2.51. The van der Waals surface area contributed by atoms with E-state index in [0.29, 0.717) is 5.92 Å². The van der Waals surface area contributed by atoms with Crippen LogP contribution in [0.4, 0.5) is 0 Å². The van der Waals surface area contributed by atoms with Gasteiger partial charge in [-0.25, -0.2) is 0 Å². The zero-order valence-electron chi connectivity index (χ0n) is 10.8. The summed E-state index contributed by atoms with van der Waals surface area (Å²) in [5.74, 6) is 0.551. The number of aliphatic hydroxyl groups excluding tert-OH is 1. The first-order valence-corrected chi connectivity index (χ1v) is 6.47. The lowest BCUT2D eigenvalue weighted by molar-refractivity contribution is 0.128. The summed E-state index contributed by atoms with van der Waals surface area (Å²) in [6, 6.07) is 6.44. The predicted molar refractivity (Wildman–Crippen MR) is 69.2 cm³/mol. The zero-order valence-corrected chi connectivity index (χ0v) is 10.8. The maximum atomic E-state index is 10.1. The van der Waals surface area contributed by atoms with Crippen molar-refractivity contribution in [1.82, 2.24) is 0 Å². The topological polar surface area (TPSA) is 29.5 Å². The summed E-state index contributed by atoms with van der Waals surface area (Å²) >= 11 is 0. The van der Waals surface area contributed by atoms with E-state index in [4.69, 9.17) is 4.74 Å². The lowest BCUT2D eigenvalue weighted by Crippen LogP contribution is -2.17. The second-order valence-electron chi connectivity index (χ2n) is 5.25. The molecule has 1 aromatic carbocycles. The van der Waals surface area contributed by atoms with Crippen molar-refractivity contribution in [2.45, 2.75) is 39.2 Å². The van der Waals surface area contributed by atoms with Gasteiger partial charge in [-0.1, -0.05) is 23.8 Å². The van der Waals surface area contributed by atoms with E-state index in [9.17, 15) is 5.11 Å². The molecule has 0 spiro atoms. The summed E-state index contributed by atoms with van der Waals surface area (Å²) in [7, 11) is 0. The van der Waals surface area contributed by atoms with Crippen LogP contribution in [-0.4, -0.2) is 24.4 Å². The Kier molecular flexibility index (Phi) is 4.19. The minimum Gasteiger partial charge on any atom is -0.393 e. The first-order chi connectivity index (χ1) is 8.15. The minimum atomic E-state index is -0.234. The quantitative estimate of drug-likeness (QED) is 0.868. The Balaban J connectivity index is 1.92. The lowest BCUT2D eigenvalue weighted by Gasteiger charge is -2.16. The molecule has 2 unspecified atom stereocenters. The van der Waals surface area contributed by atoms with Crippen LogP contribution in [0.5, 0.6) is 0 Å². The summed E-state index contributed by atoms with van der Waals surface area (Å²) in [4.78, 5) is 0. The second kappa shape index (κ2) is 5.65. The Morgan fingerprint density at radius 2 is 2.24 bits per heavy atom. The first kappa shape index (κ1) is 12.6. The van der Waals surface area contributed by atoms with E-state index < -0.39 is 0 Å². The van der Waals surface area contributed by atoms with Crippen molar-refractivity contribution in [2.75, 3.05) is 13.2 Å². The Hall–Kier alpha value is -0.860. The number of benzene rings is 1. The van der Waals surface area contributed by atoms with Crippen molar-refractivity contribution in [3.63, 3.8) is 0 Å². The molecular formula is C15H22O2. The zero-order chi connectivity index (χ0) is 12.3. The molecule has 1 N–H and O–H groups in total. The third-order valence-electron chi connectivity index (χ3n) is 3.59. The van der Waals surface area contributed by atoms with Crippen LogP contribution in [0, 0.1) is 19.8 Å². The van der Waals surface area contributed by atoms with Crippen molar-refractivity contribution in [1.29, 1.82) is 0 Å². The molecule has 0 bridgehead atoms. The van der Waals surface area contributed by atoms with Crippen LogP contribution in [0.3, 0.4) is 0 Å². The predicted octanol–water partition coefficient (Wildman–Crippen LogP) is 2.63. The number of aliphatic hydroxyl groups is 1. The molecular weight excluding hydrogens is 212 g/mol. The summed E-state index contributed by atoms with van der Waals surface area (Å²) in [6.45, 7) is 5.89. The van der Waals surface area contributed by atoms with Crippen molar-refractivity contribution < 1.29 is 9.84 Å². The molecule has 1 aliphatic rings. The molecule has 0 amide bonds. The van der Waals surface area contributed by atoms with Gasteiger partial charge in [0.25, 0.3) is 0 Å². The number of aryl methyl sites for hydroxylation is 2. The number of ether oxygens (including phenoxy) is 1. The van der Waals surface area contributed by atoms with Gasteiger partial charge in [-0.15, -0.1) is 0 Å². The standard InChI is InChI=1S/C15H22O2/c1-11-3-4-12(2)14(7-11)9-15(16)8-13-5-6-17-10-13/h3-4,7,13,15-16H,5-6,8-10H2,1-2H3. The molecule has 0 radical (unpaired) electrons. The van der Waals surface area contributed by atoms with Gasteiger partial charge >= 0.3 is 0 Å². The van der Waals surface area contributed by atoms with E-state index in [0.717, 1.165) is 32.5 Å². The molecule has 1 saturated heterocycles. The molecule has 2 atom stereocenters. The molecule has 2 rings (SSSR count). The Bertz CT molecular complexity index is 367. The fourth-order valence-electron chi connectivity index (χ4n) is 2.51. The summed E-state index contributed by atoms with van der Waals surface area (Å²) < 4.78 is 5.34. The molecule has 1 fully saturated rings. The van der Waals surface area contributed by atoms with Gasteiger partial charge in [-0.2, -0.15) is 0 Å². The molecule has 0 aliphatic carbocycles. The molecule has 94 valence electrons. The van der Waals surface area contributed by atoms with Crippen molar-refractivity contribution in [3.8, 4) is 0 Å². The van der Waals surface area contributed by atoms with Crippen LogP contribution in [-0.2, 0) is 11.2 Å². The Labute approximate surface area is 104 Å².